The summed E-state index contributed by atoms with van der Waals surface area (Å²) in [5.74, 6) is 4.16. The Hall–Kier alpha value is -2.34. The van der Waals surface area contributed by atoms with Gasteiger partial charge in [0.2, 0.25) is 0 Å². The summed E-state index contributed by atoms with van der Waals surface area (Å²) in [6.45, 7) is 4.15. The summed E-state index contributed by atoms with van der Waals surface area (Å²) in [5, 5.41) is 1.96. The summed E-state index contributed by atoms with van der Waals surface area (Å²) in [6.07, 6.45) is 1.83. The Balaban J connectivity index is 2.41. The molecule has 0 aliphatic carbocycles. The largest absolute Gasteiger partial charge is 0.204 e. The third-order valence-corrected chi connectivity index (χ3v) is 3.49. The van der Waals surface area contributed by atoms with E-state index < -0.39 is 17.3 Å². The second kappa shape index (κ2) is 7.78. The van der Waals surface area contributed by atoms with Crippen LogP contribution in [0.2, 0.25) is 0 Å². The topological polar surface area (TPSA) is 12.4 Å². The predicted molar refractivity (Wildman–Crippen MR) is 92.2 cm³/mol. The number of halogens is 2. The lowest BCUT2D eigenvalue weighted by atomic mass is 10.0. The molecule has 0 bridgehead atoms. The Morgan fingerprint density at radius 2 is 1.35 bits per heavy atom. The van der Waals surface area contributed by atoms with Crippen LogP contribution in [0.3, 0.4) is 0 Å². The molecule has 0 spiro atoms. The third kappa shape index (κ3) is 4.32. The summed E-state index contributed by atoms with van der Waals surface area (Å²) in [6, 6.07) is 8.41. The van der Waals surface area contributed by atoms with Gasteiger partial charge in [-0.15, -0.1) is 0 Å². The highest BCUT2D eigenvalue weighted by Crippen LogP contribution is 2.23. The van der Waals surface area contributed by atoms with Crippen LogP contribution in [0, 0.1) is 23.5 Å². The molecule has 0 aliphatic heterocycles. The molecule has 0 amide bonds. The Kier molecular flexibility index (Phi) is 5.76. The maximum Gasteiger partial charge on any atom is 0.153 e. The Bertz CT molecular complexity index is 795. The van der Waals surface area contributed by atoms with E-state index in [1.807, 2.05) is 17.3 Å². The summed E-state index contributed by atoms with van der Waals surface area (Å²) in [4.78, 5) is 3.38. The first kappa shape index (κ1) is 17.0. The first-order valence-corrected chi connectivity index (χ1v) is 7.70. The molecule has 0 fully saturated rings. The zero-order valence-corrected chi connectivity index (χ0v) is 13.7. The van der Waals surface area contributed by atoms with Gasteiger partial charge in [0.05, 0.1) is 5.16 Å². The van der Waals surface area contributed by atoms with Crippen molar-refractivity contribution in [1.29, 1.82) is 0 Å². The number of hydrogen-bond donors (Lipinski definition) is 0. The minimum Gasteiger partial charge on any atom is -0.204 e. The van der Waals surface area contributed by atoms with Gasteiger partial charge in [-0.1, -0.05) is 31.8 Å². The van der Waals surface area contributed by atoms with Crippen LogP contribution in [-0.4, -0.2) is 5.16 Å². The number of benzene rings is 2. The van der Waals surface area contributed by atoms with Crippen molar-refractivity contribution in [3.63, 3.8) is 0 Å². The van der Waals surface area contributed by atoms with E-state index in [0.29, 0.717) is 0 Å². The molecule has 23 heavy (non-hydrogen) atoms. The first-order valence-electron chi connectivity index (χ1n) is 7.29. The average Bonchev–Trinajstić information content (AvgIpc) is 2.55. The molecule has 0 saturated heterocycles. The highest BCUT2D eigenvalue weighted by atomic mass is 32.1. The van der Waals surface area contributed by atoms with Gasteiger partial charge in [-0.2, -0.15) is 4.99 Å². The monoisotopic (exact) mass is 327 g/mol. The number of rotatable bonds is 3. The molecule has 0 saturated carbocycles. The zero-order chi connectivity index (χ0) is 16.8. The first-order chi connectivity index (χ1) is 11.1. The van der Waals surface area contributed by atoms with Crippen LogP contribution in [0.15, 0.2) is 35.3 Å². The van der Waals surface area contributed by atoms with E-state index in [1.165, 1.54) is 11.1 Å². The third-order valence-electron chi connectivity index (χ3n) is 3.39. The molecular weight excluding hydrogens is 312 g/mol. The Morgan fingerprint density at radius 3 is 1.78 bits per heavy atom. The quantitative estimate of drug-likeness (QED) is 0.427. The summed E-state index contributed by atoms with van der Waals surface area (Å²) >= 11 is 4.37. The molecule has 0 atom stereocenters. The minimum absolute atomic E-state index is 0.253. The second-order valence-corrected chi connectivity index (χ2v) is 5.17. The van der Waals surface area contributed by atoms with Crippen molar-refractivity contribution in [3.8, 4) is 11.8 Å². The van der Waals surface area contributed by atoms with E-state index in [2.05, 4.69) is 49.0 Å². The van der Waals surface area contributed by atoms with E-state index in [0.717, 1.165) is 30.5 Å². The van der Waals surface area contributed by atoms with Crippen molar-refractivity contribution in [2.24, 2.45) is 4.99 Å². The van der Waals surface area contributed by atoms with Crippen LogP contribution in [0.25, 0.3) is 0 Å². The molecule has 1 nitrogen and oxygen atoms in total. The number of aryl methyl sites for hydroxylation is 2. The Morgan fingerprint density at radius 1 is 0.870 bits per heavy atom. The van der Waals surface area contributed by atoms with Crippen LogP contribution < -0.4 is 0 Å². The maximum absolute atomic E-state index is 13.8. The summed E-state index contributed by atoms with van der Waals surface area (Å²) < 4.78 is 27.5. The van der Waals surface area contributed by atoms with Crippen molar-refractivity contribution in [3.05, 3.63) is 64.2 Å². The van der Waals surface area contributed by atoms with Crippen LogP contribution in [0.5, 0.6) is 0 Å². The molecule has 0 unspecified atom stereocenters. The predicted octanol–water partition coefficient (Wildman–Crippen LogP) is 5.22. The van der Waals surface area contributed by atoms with E-state index in [9.17, 15) is 8.78 Å². The van der Waals surface area contributed by atoms with Gasteiger partial charge in [-0.05, 0) is 60.5 Å². The van der Waals surface area contributed by atoms with Crippen LogP contribution in [-0.2, 0) is 12.8 Å². The number of aliphatic imine (C=N–C) groups is 1. The van der Waals surface area contributed by atoms with Gasteiger partial charge in [-0.3, -0.25) is 0 Å². The van der Waals surface area contributed by atoms with Crippen LogP contribution >= 0.6 is 12.2 Å². The van der Waals surface area contributed by atoms with Crippen molar-refractivity contribution in [2.45, 2.75) is 26.7 Å². The van der Waals surface area contributed by atoms with E-state index in [-0.39, 0.29) is 5.56 Å². The van der Waals surface area contributed by atoms with Gasteiger partial charge < -0.3 is 0 Å². The van der Waals surface area contributed by atoms with Crippen LogP contribution in [0.1, 0.15) is 36.1 Å². The molecule has 2 rings (SSSR count). The molecule has 0 heterocycles. The fourth-order valence-electron chi connectivity index (χ4n) is 2.18. The van der Waals surface area contributed by atoms with E-state index in [4.69, 9.17) is 0 Å². The van der Waals surface area contributed by atoms with Crippen molar-refractivity contribution in [1.82, 2.24) is 0 Å². The number of hydrogen-bond acceptors (Lipinski definition) is 2. The molecule has 2 aromatic rings. The lowest BCUT2D eigenvalue weighted by Gasteiger charge is -2.03. The lowest BCUT2D eigenvalue weighted by Crippen LogP contribution is -1.89. The maximum atomic E-state index is 13.8. The van der Waals surface area contributed by atoms with Gasteiger partial charge in [0.1, 0.15) is 5.69 Å². The number of thiocarbonyl (C=S) groups is 1. The highest BCUT2D eigenvalue weighted by molar-refractivity contribution is 7.78. The van der Waals surface area contributed by atoms with Gasteiger partial charge in [0.15, 0.2) is 11.6 Å². The van der Waals surface area contributed by atoms with Crippen molar-refractivity contribution in [2.75, 3.05) is 0 Å². The van der Waals surface area contributed by atoms with Gasteiger partial charge in [-0.25, -0.2) is 8.78 Å². The number of isothiocyanates is 1. The molecule has 0 aliphatic rings. The normalized spacial score (nSPS) is 9.74. The summed E-state index contributed by atoms with van der Waals surface area (Å²) in [5.41, 5.74) is 3.03. The van der Waals surface area contributed by atoms with Crippen molar-refractivity contribution < 1.29 is 8.78 Å². The van der Waals surface area contributed by atoms with Crippen LogP contribution in [0.4, 0.5) is 14.5 Å². The minimum atomic E-state index is -0.803. The lowest BCUT2D eigenvalue weighted by molar-refractivity contribution is 0.587. The molecular formula is C19H15F2NS. The fraction of sp³-hybridized carbons (Fsp3) is 0.211. The molecule has 116 valence electrons. The average molecular weight is 327 g/mol. The SMILES string of the molecule is CCc1cc(C#Cc2cc(F)c(N=C=S)c(F)c2)cc(CC)c1. The zero-order valence-electron chi connectivity index (χ0n) is 12.9. The molecule has 0 N–H and O–H groups in total. The van der Waals surface area contributed by atoms with Gasteiger partial charge >= 0.3 is 0 Å². The van der Waals surface area contributed by atoms with Gasteiger partial charge in [0.25, 0.3) is 0 Å². The number of nitrogens with zero attached hydrogens (tertiary/aromatic N) is 1. The smallest absolute Gasteiger partial charge is 0.153 e. The van der Waals surface area contributed by atoms with E-state index >= 15 is 0 Å². The standard InChI is InChI=1S/C19H15F2NS/c1-3-13-7-14(4-2)9-15(8-13)5-6-16-10-17(20)19(22-12-23)18(21)11-16/h7-11H,3-4H2,1-2H3. The highest BCUT2D eigenvalue weighted by Gasteiger charge is 2.09. The fourth-order valence-corrected chi connectivity index (χ4v) is 2.27. The molecule has 0 aromatic heterocycles. The second-order valence-electron chi connectivity index (χ2n) is 4.99. The van der Waals surface area contributed by atoms with Gasteiger partial charge in [0, 0.05) is 11.1 Å². The molecule has 0 radical (unpaired) electrons. The molecule has 2 aromatic carbocycles. The Labute approximate surface area is 140 Å². The van der Waals surface area contributed by atoms with E-state index in [1.54, 1.807) is 0 Å². The van der Waals surface area contributed by atoms with Crippen molar-refractivity contribution >= 4 is 23.1 Å². The summed E-state index contributed by atoms with van der Waals surface area (Å²) in [7, 11) is 0. The molecule has 4 heteroatoms.